The van der Waals surface area contributed by atoms with Crippen molar-refractivity contribution in [1.82, 2.24) is 20.0 Å². The molecule has 2 aromatic rings. The van der Waals surface area contributed by atoms with Gasteiger partial charge in [-0.3, -0.25) is 14.7 Å². The largest absolute Gasteiger partial charge is 0.342 e. The number of nitrogens with one attached hydrogen (secondary N) is 1. The molecule has 3 fully saturated rings. The number of rotatable bonds is 5. The molecule has 6 nitrogen and oxygen atoms in total. The van der Waals surface area contributed by atoms with Crippen LogP contribution in [0.1, 0.15) is 54.8 Å². The number of carbonyl (C=O) groups excluding carboxylic acids is 2. The lowest BCUT2D eigenvalue weighted by Crippen LogP contribution is -2.40. The Kier molecular flexibility index (Phi) is 5.55. The quantitative estimate of drug-likeness (QED) is 0.805. The molecule has 1 aromatic carbocycles. The van der Waals surface area contributed by atoms with Gasteiger partial charge in [-0.15, -0.1) is 0 Å². The van der Waals surface area contributed by atoms with Crippen molar-refractivity contribution in [3.8, 4) is 0 Å². The van der Waals surface area contributed by atoms with Gasteiger partial charge in [-0.25, -0.2) is 0 Å². The van der Waals surface area contributed by atoms with Gasteiger partial charge in [-0.2, -0.15) is 5.10 Å². The second-order valence-electron chi connectivity index (χ2n) is 9.60. The first-order valence-corrected chi connectivity index (χ1v) is 11.7. The molecule has 1 aromatic heterocycles. The minimum atomic E-state index is 0.0889. The number of hydrogen-bond acceptors (Lipinski definition) is 3. The molecule has 3 aliphatic rings. The number of nitrogens with zero attached hydrogens (tertiary/aromatic N) is 3. The molecule has 3 atom stereocenters. The Morgan fingerprint density at radius 1 is 1.13 bits per heavy atom. The third kappa shape index (κ3) is 3.88. The molecular formula is C25H32N4O2. The van der Waals surface area contributed by atoms with Crippen LogP contribution in [-0.2, 0) is 16.0 Å². The van der Waals surface area contributed by atoms with E-state index in [1.807, 2.05) is 11.1 Å². The highest BCUT2D eigenvalue weighted by molar-refractivity contribution is 5.80. The summed E-state index contributed by atoms with van der Waals surface area (Å²) in [5, 5.41) is 6.78. The smallest absolute Gasteiger partial charge is 0.226 e. The number of aromatic amines is 1. The van der Waals surface area contributed by atoms with Gasteiger partial charge in [0, 0.05) is 50.0 Å². The molecule has 2 amide bonds. The lowest BCUT2D eigenvalue weighted by atomic mass is 9.87. The van der Waals surface area contributed by atoms with Crippen molar-refractivity contribution < 1.29 is 9.59 Å². The molecule has 0 unspecified atom stereocenters. The van der Waals surface area contributed by atoms with E-state index in [1.165, 1.54) is 24.0 Å². The molecule has 164 valence electrons. The van der Waals surface area contributed by atoms with Crippen LogP contribution in [0.25, 0.3) is 0 Å². The maximum Gasteiger partial charge on any atom is 0.226 e. The zero-order valence-corrected chi connectivity index (χ0v) is 18.3. The second-order valence-corrected chi connectivity index (χ2v) is 9.60. The lowest BCUT2D eigenvalue weighted by Gasteiger charge is -2.32. The molecule has 2 aliphatic heterocycles. The van der Waals surface area contributed by atoms with Crippen LogP contribution in [0.2, 0.25) is 0 Å². The Labute approximate surface area is 184 Å². The first-order chi connectivity index (χ1) is 15.1. The number of aryl methyl sites for hydroxylation is 2. The normalized spacial score (nSPS) is 25.9. The third-order valence-electron chi connectivity index (χ3n) is 7.69. The van der Waals surface area contributed by atoms with E-state index in [-0.39, 0.29) is 17.9 Å². The monoisotopic (exact) mass is 420 g/mol. The molecule has 1 saturated carbocycles. The zero-order chi connectivity index (χ0) is 21.4. The predicted octanol–water partition coefficient (Wildman–Crippen LogP) is 3.50. The van der Waals surface area contributed by atoms with Gasteiger partial charge >= 0.3 is 0 Å². The molecule has 31 heavy (non-hydrogen) atoms. The van der Waals surface area contributed by atoms with Gasteiger partial charge in [0.2, 0.25) is 11.8 Å². The highest BCUT2D eigenvalue weighted by atomic mass is 16.2. The third-order valence-corrected chi connectivity index (χ3v) is 7.69. The van der Waals surface area contributed by atoms with Gasteiger partial charge in [0.25, 0.3) is 0 Å². The summed E-state index contributed by atoms with van der Waals surface area (Å²) in [6, 6.07) is 8.56. The highest BCUT2D eigenvalue weighted by Crippen LogP contribution is 2.47. The van der Waals surface area contributed by atoms with Gasteiger partial charge in [0.1, 0.15) is 0 Å². The van der Waals surface area contributed by atoms with E-state index in [1.54, 1.807) is 6.20 Å². The van der Waals surface area contributed by atoms with Crippen molar-refractivity contribution in [3.63, 3.8) is 0 Å². The summed E-state index contributed by atoms with van der Waals surface area (Å²) in [7, 11) is 0. The molecule has 1 N–H and O–H groups in total. The molecule has 2 saturated heterocycles. The maximum atomic E-state index is 13.5. The minimum absolute atomic E-state index is 0.0889. The maximum absolute atomic E-state index is 13.5. The van der Waals surface area contributed by atoms with Crippen molar-refractivity contribution in [2.24, 2.45) is 17.8 Å². The molecule has 0 spiro atoms. The average Bonchev–Trinajstić information content (AvgIpc) is 3.56. The fourth-order valence-electron chi connectivity index (χ4n) is 6.02. The molecular weight excluding hydrogens is 388 g/mol. The van der Waals surface area contributed by atoms with Crippen LogP contribution < -0.4 is 0 Å². The van der Waals surface area contributed by atoms with Gasteiger partial charge in [0.15, 0.2) is 0 Å². The van der Waals surface area contributed by atoms with Crippen molar-refractivity contribution in [1.29, 1.82) is 0 Å². The Balaban J connectivity index is 1.34. The Hall–Kier alpha value is -2.63. The number of aromatic nitrogens is 2. The van der Waals surface area contributed by atoms with Gasteiger partial charge in [-0.1, -0.05) is 37.1 Å². The average molecular weight is 421 g/mol. The summed E-state index contributed by atoms with van der Waals surface area (Å²) in [6.45, 7) is 4.45. The number of benzene rings is 1. The number of carbonyl (C=O) groups is 2. The van der Waals surface area contributed by atoms with E-state index in [9.17, 15) is 9.59 Å². The highest BCUT2D eigenvalue weighted by Gasteiger charge is 2.51. The number of amides is 2. The van der Waals surface area contributed by atoms with Crippen molar-refractivity contribution in [3.05, 3.63) is 53.3 Å². The summed E-state index contributed by atoms with van der Waals surface area (Å²) >= 11 is 0. The first kappa shape index (κ1) is 20.3. The van der Waals surface area contributed by atoms with E-state index in [0.29, 0.717) is 30.6 Å². The Morgan fingerprint density at radius 2 is 1.94 bits per heavy atom. The summed E-state index contributed by atoms with van der Waals surface area (Å²) in [5.41, 5.74) is 3.56. The number of H-pyrrole nitrogens is 1. The van der Waals surface area contributed by atoms with Crippen LogP contribution in [0, 0.1) is 24.7 Å². The van der Waals surface area contributed by atoms with E-state index in [4.69, 9.17) is 0 Å². The van der Waals surface area contributed by atoms with E-state index in [0.717, 1.165) is 38.0 Å². The molecule has 5 rings (SSSR count). The van der Waals surface area contributed by atoms with Crippen molar-refractivity contribution >= 4 is 11.8 Å². The van der Waals surface area contributed by atoms with Crippen LogP contribution in [0.4, 0.5) is 0 Å². The predicted molar refractivity (Wildman–Crippen MR) is 118 cm³/mol. The fraction of sp³-hybridized carbons (Fsp3) is 0.560. The lowest BCUT2D eigenvalue weighted by molar-refractivity contribution is -0.137. The summed E-state index contributed by atoms with van der Waals surface area (Å²) in [6.07, 6.45) is 9.27. The summed E-state index contributed by atoms with van der Waals surface area (Å²) in [5.74, 6) is 1.45. The van der Waals surface area contributed by atoms with Crippen LogP contribution in [0.5, 0.6) is 0 Å². The molecule has 1 aliphatic carbocycles. The SMILES string of the molecule is Cc1ccccc1[C@@H]1[C@H]2CN(C(=O)CCc3cn[nH]c3)C[C@H]2CN1C(=O)C1CCCC1. The molecule has 0 bridgehead atoms. The van der Waals surface area contributed by atoms with Gasteiger partial charge in [0.05, 0.1) is 12.2 Å². The van der Waals surface area contributed by atoms with Crippen LogP contribution >= 0.6 is 0 Å². The first-order valence-electron chi connectivity index (χ1n) is 11.7. The van der Waals surface area contributed by atoms with Crippen molar-refractivity contribution in [2.45, 2.75) is 51.5 Å². The van der Waals surface area contributed by atoms with Gasteiger partial charge in [-0.05, 0) is 42.9 Å². The topological polar surface area (TPSA) is 69.3 Å². The van der Waals surface area contributed by atoms with Crippen LogP contribution in [0.15, 0.2) is 36.7 Å². The van der Waals surface area contributed by atoms with Crippen LogP contribution in [0.3, 0.4) is 0 Å². The van der Waals surface area contributed by atoms with Crippen molar-refractivity contribution in [2.75, 3.05) is 19.6 Å². The summed E-state index contributed by atoms with van der Waals surface area (Å²) < 4.78 is 0. The molecule has 0 radical (unpaired) electrons. The standard InChI is InChI=1S/C25H32N4O2/c1-17-6-2-5-9-21(17)24-22-16-28(23(30)11-10-18-12-26-27-13-18)14-20(22)15-29(24)25(31)19-7-3-4-8-19/h2,5-6,9,12-13,19-20,22,24H,3-4,7-8,10-11,14-16H2,1H3,(H,26,27)/t20-,22-,24+/m0/s1. The zero-order valence-electron chi connectivity index (χ0n) is 18.3. The van der Waals surface area contributed by atoms with E-state index < -0.39 is 0 Å². The molecule has 3 heterocycles. The number of fused-ring (bicyclic) bond motifs is 1. The summed E-state index contributed by atoms with van der Waals surface area (Å²) in [4.78, 5) is 30.6. The minimum Gasteiger partial charge on any atom is -0.342 e. The Bertz CT molecular complexity index is 935. The number of hydrogen-bond donors (Lipinski definition) is 1. The number of likely N-dealkylation sites (tertiary alicyclic amines) is 2. The second kappa shape index (κ2) is 8.48. The van der Waals surface area contributed by atoms with E-state index >= 15 is 0 Å². The van der Waals surface area contributed by atoms with E-state index in [2.05, 4.69) is 46.3 Å². The Morgan fingerprint density at radius 3 is 2.68 bits per heavy atom. The van der Waals surface area contributed by atoms with Crippen LogP contribution in [-0.4, -0.2) is 51.4 Å². The molecule has 6 heteroatoms. The fourth-order valence-corrected chi connectivity index (χ4v) is 6.02. The van der Waals surface area contributed by atoms with Gasteiger partial charge < -0.3 is 9.80 Å².